The summed E-state index contributed by atoms with van der Waals surface area (Å²) in [6.45, 7) is 8.04. The van der Waals surface area contributed by atoms with Gasteiger partial charge < -0.3 is 4.90 Å². The average Bonchev–Trinajstić information content (AvgIpc) is 3.11. The second-order valence-corrected chi connectivity index (χ2v) is 6.97. The lowest BCUT2D eigenvalue weighted by Crippen LogP contribution is -2.27. The molecular formula is C19H26N4O. The summed E-state index contributed by atoms with van der Waals surface area (Å²) >= 11 is 0. The van der Waals surface area contributed by atoms with Crippen molar-refractivity contribution in [2.45, 2.75) is 46.5 Å². The van der Waals surface area contributed by atoms with E-state index in [-0.39, 0.29) is 5.91 Å². The minimum absolute atomic E-state index is 0.263. The Morgan fingerprint density at radius 1 is 1.25 bits per heavy atom. The number of rotatable bonds is 6. The summed E-state index contributed by atoms with van der Waals surface area (Å²) in [7, 11) is 0. The van der Waals surface area contributed by atoms with Crippen molar-refractivity contribution in [3.05, 3.63) is 41.5 Å². The lowest BCUT2D eigenvalue weighted by molar-refractivity contribution is -0.127. The first-order chi connectivity index (χ1) is 11.5. The van der Waals surface area contributed by atoms with Crippen LogP contribution >= 0.6 is 0 Å². The van der Waals surface area contributed by atoms with Crippen molar-refractivity contribution in [2.24, 2.45) is 5.92 Å². The van der Waals surface area contributed by atoms with Gasteiger partial charge in [-0.25, -0.2) is 9.67 Å². The van der Waals surface area contributed by atoms with Crippen molar-refractivity contribution < 1.29 is 4.79 Å². The van der Waals surface area contributed by atoms with Gasteiger partial charge in [-0.15, -0.1) is 0 Å². The molecule has 2 aromatic rings. The zero-order chi connectivity index (χ0) is 17.1. The number of amides is 1. The maximum Gasteiger partial charge on any atom is 0.222 e. The van der Waals surface area contributed by atoms with E-state index in [1.54, 1.807) is 0 Å². The molecule has 0 aliphatic carbocycles. The average molecular weight is 326 g/mol. The van der Waals surface area contributed by atoms with Gasteiger partial charge in [-0.1, -0.05) is 32.0 Å². The molecule has 1 aromatic carbocycles. The molecule has 0 unspecified atom stereocenters. The second kappa shape index (κ2) is 7.16. The van der Waals surface area contributed by atoms with Crippen molar-refractivity contribution in [3.8, 4) is 5.69 Å². The summed E-state index contributed by atoms with van der Waals surface area (Å²) in [4.78, 5) is 18.5. The molecule has 1 aliphatic rings. The predicted octanol–water partition coefficient (Wildman–Crippen LogP) is 2.94. The molecule has 5 heteroatoms. The van der Waals surface area contributed by atoms with E-state index in [0.29, 0.717) is 12.3 Å². The van der Waals surface area contributed by atoms with Gasteiger partial charge in [0, 0.05) is 32.4 Å². The summed E-state index contributed by atoms with van der Waals surface area (Å²) in [5.74, 6) is 2.61. The Hall–Kier alpha value is -2.17. The predicted molar refractivity (Wildman–Crippen MR) is 94.2 cm³/mol. The van der Waals surface area contributed by atoms with Gasteiger partial charge in [-0.2, -0.15) is 5.10 Å². The van der Waals surface area contributed by atoms with E-state index in [9.17, 15) is 4.79 Å². The molecule has 1 amide bonds. The van der Waals surface area contributed by atoms with E-state index in [0.717, 1.165) is 49.7 Å². The third-order valence-corrected chi connectivity index (χ3v) is 4.43. The molecule has 1 fully saturated rings. The number of hydrogen-bond donors (Lipinski definition) is 0. The number of hydrogen-bond acceptors (Lipinski definition) is 3. The van der Waals surface area contributed by atoms with Crippen LogP contribution in [-0.2, 0) is 17.6 Å². The van der Waals surface area contributed by atoms with E-state index in [1.807, 2.05) is 21.7 Å². The quantitative estimate of drug-likeness (QED) is 0.820. The monoisotopic (exact) mass is 326 g/mol. The Labute approximate surface area is 143 Å². The van der Waals surface area contributed by atoms with E-state index >= 15 is 0 Å². The lowest BCUT2D eigenvalue weighted by Gasteiger charge is -2.15. The van der Waals surface area contributed by atoms with Crippen molar-refractivity contribution in [3.63, 3.8) is 0 Å². The maximum atomic E-state index is 11.8. The first-order valence-corrected chi connectivity index (χ1v) is 8.83. The van der Waals surface area contributed by atoms with E-state index in [4.69, 9.17) is 10.1 Å². The second-order valence-electron chi connectivity index (χ2n) is 6.97. The summed E-state index contributed by atoms with van der Waals surface area (Å²) in [5, 5.41) is 4.75. The molecular weight excluding hydrogens is 300 g/mol. The molecule has 24 heavy (non-hydrogen) atoms. The first kappa shape index (κ1) is 16.7. The number of aryl methyl sites for hydroxylation is 1. The molecule has 2 heterocycles. The highest BCUT2D eigenvalue weighted by Gasteiger charge is 2.21. The minimum Gasteiger partial charge on any atom is -0.342 e. The lowest BCUT2D eigenvalue weighted by atomic mass is 10.1. The van der Waals surface area contributed by atoms with Crippen molar-refractivity contribution in [2.75, 3.05) is 13.1 Å². The molecule has 0 bridgehead atoms. The molecule has 0 saturated carbocycles. The van der Waals surface area contributed by atoms with Crippen LogP contribution in [0, 0.1) is 12.8 Å². The third kappa shape index (κ3) is 3.66. The first-order valence-electron chi connectivity index (χ1n) is 8.83. The maximum absolute atomic E-state index is 11.8. The zero-order valence-corrected chi connectivity index (χ0v) is 14.8. The number of carbonyl (C=O) groups excluding carboxylic acids is 1. The minimum atomic E-state index is 0.263. The van der Waals surface area contributed by atoms with Crippen LogP contribution in [0.15, 0.2) is 24.3 Å². The molecule has 3 rings (SSSR count). The largest absolute Gasteiger partial charge is 0.342 e. The Bertz CT molecular complexity index is 720. The summed E-state index contributed by atoms with van der Waals surface area (Å²) < 4.78 is 1.97. The smallest absolute Gasteiger partial charge is 0.222 e. The Kier molecular flexibility index (Phi) is 4.97. The molecule has 128 valence electrons. The van der Waals surface area contributed by atoms with Gasteiger partial charge in [0.2, 0.25) is 5.91 Å². The van der Waals surface area contributed by atoms with Crippen LogP contribution in [0.5, 0.6) is 0 Å². The number of nitrogens with zero attached hydrogens (tertiary/aromatic N) is 4. The molecule has 1 aromatic heterocycles. The molecule has 0 N–H and O–H groups in total. The standard InChI is InChI=1S/C19H26N4O/c1-14(2)13-17-20-18(10-12-22-11-6-9-19(22)24)23(21-17)16-8-5-4-7-15(16)3/h4-5,7-8,14H,6,9-13H2,1-3H3. The van der Waals surface area contributed by atoms with E-state index in [1.165, 1.54) is 5.56 Å². The summed E-state index contributed by atoms with van der Waals surface area (Å²) in [6, 6.07) is 8.23. The molecule has 0 spiro atoms. The Morgan fingerprint density at radius 3 is 2.71 bits per heavy atom. The summed E-state index contributed by atoms with van der Waals surface area (Å²) in [6.07, 6.45) is 3.27. The van der Waals surface area contributed by atoms with Gasteiger partial charge in [0.1, 0.15) is 5.82 Å². The highest BCUT2D eigenvalue weighted by molar-refractivity contribution is 5.78. The van der Waals surface area contributed by atoms with Crippen LogP contribution in [0.25, 0.3) is 5.69 Å². The van der Waals surface area contributed by atoms with Crippen molar-refractivity contribution >= 4 is 5.91 Å². The molecule has 1 saturated heterocycles. The molecule has 0 radical (unpaired) electrons. The van der Waals surface area contributed by atoms with Crippen LogP contribution in [0.1, 0.15) is 43.9 Å². The van der Waals surface area contributed by atoms with E-state index < -0.39 is 0 Å². The van der Waals surface area contributed by atoms with Gasteiger partial charge in [0.25, 0.3) is 0 Å². The van der Waals surface area contributed by atoms with Crippen LogP contribution in [0.3, 0.4) is 0 Å². The van der Waals surface area contributed by atoms with Gasteiger partial charge in [-0.05, 0) is 30.9 Å². The van der Waals surface area contributed by atoms with Crippen LogP contribution in [0.4, 0.5) is 0 Å². The highest BCUT2D eigenvalue weighted by atomic mass is 16.2. The van der Waals surface area contributed by atoms with Gasteiger partial charge >= 0.3 is 0 Å². The number of aromatic nitrogens is 3. The highest BCUT2D eigenvalue weighted by Crippen LogP contribution is 2.17. The zero-order valence-electron chi connectivity index (χ0n) is 14.8. The normalized spacial score (nSPS) is 14.8. The van der Waals surface area contributed by atoms with E-state index in [2.05, 4.69) is 32.9 Å². The Balaban J connectivity index is 1.86. The fraction of sp³-hybridized carbons (Fsp3) is 0.526. The molecule has 5 nitrogen and oxygen atoms in total. The number of para-hydroxylation sites is 1. The SMILES string of the molecule is Cc1ccccc1-n1nc(CC(C)C)nc1CCN1CCCC1=O. The van der Waals surface area contributed by atoms with Gasteiger partial charge in [-0.3, -0.25) is 4.79 Å². The molecule has 1 aliphatic heterocycles. The fourth-order valence-corrected chi connectivity index (χ4v) is 3.17. The van der Waals surface area contributed by atoms with Gasteiger partial charge in [0.05, 0.1) is 5.69 Å². The number of carbonyl (C=O) groups is 1. The topological polar surface area (TPSA) is 51.0 Å². The van der Waals surface area contributed by atoms with Crippen molar-refractivity contribution in [1.82, 2.24) is 19.7 Å². The number of benzene rings is 1. The van der Waals surface area contributed by atoms with Crippen LogP contribution in [-0.4, -0.2) is 38.7 Å². The Morgan fingerprint density at radius 2 is 2.04 bits per heavy atom. The van der Waals surface area contributed by atoms with Gasteiger partial charge in [0.15, 0.2) is 5.82 Å². The van der Waals surface area contributed by atoms with Crippen molar-refractivity contribution in [1.29, 1.82) is 0 Å². The summed E-state index contributed by atoms with van der Waals surface area (Å²) in [5.41, 5.74) is 2.25. The third-order valence-electron chi connectivity index (χ3n) is 4.43. The van der Waals surface area contributed by atoms with Crippen LogP contribution < -0.4 is 0 Å². The number of likely N-dealkylation sites (tertiary alicyclic amines) is 1. The molecule has 0 atom stereocenters. The fourth-order valence-electron chi connectivity index (χ4n) is 3.17. The van der Waals surface area contributed by atoms with Crippen LogP contribution in [0.2, 0.25) is 0 Å².